The Hall–Kier alpha value is -3.21. The third-order valence-electron chi connectivity index (χ3n) is 3.86. The maximum atomic E-state index is 12.4. The van der Waals surface area contributed by atoms with Crippen LogP contribution in [0.25, 0.3) is 0 Å². The van der Waals surface area contributed by atoms with Crippen molar-refractivity contribution in [2.75, 3.05) is 24.3 Å². The molecule has 1 aromatic carbocycles. The number of hydrogen-bond acceptors (Lipinski definition) is 4. The molecule has 0 atom stereocenters. The molecule has 0 unspecified atom stereocenters. The topological polar surface area (TPSA) is 58.1 Å². The first-order chi connectivity index (χ1) is 12.1. The summed E-state index contributed by atoms with van der Waals surface area (Å²) in [7, 11) is 3.86. The highest BCUT2D eigenvalue weighted by atomic mass is 16.1. The number of rotatable bonds is 5. The van der Waals surface area contributed by atoms with Crippen LogP contribution < -0.4 is 10.2 Å². The Balaban J connectivity index is 1.67. The number of carbonyl (C=O) groups is 1. The molecule has 1 N–H and O–H groups in total. The van der Waals surface area contributed by atoms with E-state index in [0.717, 1.165) is 17.8 Å². The van der Waals surface area contributed by atoms with Crippen molar-refractivity contribution in [3.05, 3.63) is 83.9 Å². The molecule has 0 radical (unpaired) electrons. The van der Waals surface area contributed by atoms with Crippen LogP contribution in [0.1, 0.15) is 21.6 Å². The van der Waals surface area contributed by atoms with Gasteiger partial charge in [0, 0.05) is 44.1 Å². The number of aromatic nitrogens is 2. The highest BCUT2D eigenvalue weighted by Gasteiger charge is 2.09. The number of hydrogen-bond donors (Lipinski definition) is 1. The Morgan fingerprint density at radius 2 is 1.64 bits per heavy atom. The first-order valence-electron chi connectivity index (χ1n) is 8.04. The fourth-order valence-electron chi connectivity index (χ4n) is 2.46. The van der Waals surface area contributed by atoms with Gasteiger partial charge in [0.2, 0.25) is 0 Å². The van der Waals surface area contributed by atoms with Gasteiger partial charge in [-0.2, -0.15) is 0 Å². The van der Waals surface area contributed by atoms with Gasteiger partial charge in [-0.05, 0) is 53.9 Å². The zero-order valence-electron chi connectivity index (χ0n) is 14.3. The van der Waals surface area contributed by atoms with Gasteiger partial charge in [0.25, 0.3) is 5.91 Å². The molecule has 0 fully saturated rings. The predicted molar refractivity (Wildman–Crippen MR) is 100 cm³/mol. The second-order valence-corrected chi connectivity index (χ2v) is 5.98. The average Bonchev–Trinajstić information content (AvgIpc) is 2.64. The fourth-order valence-corrected chi connectivity index (χ4v) is 2.46. The van der Waals surface area contributed by atoms with E-state index in [2.05, 4.69) is 15.3 Å². The van der Waals surface area contributed by atoms with E-state index in [-0.39, 0.29) is 5.91 Å². The summed E-state index contributed by atoms with van der Waals surface area (Å²) in [5.74, 6) is -0.217. The number of anilines is 2. The highest BCUT2D eigenvalue weighted by molar-refractivity contribution is 6.03. The molecule has 5 nitrogen and oxygen atoms in total. The lowest BCUT2D eigenvalue weighted by Gasteiger charge is -2.13. The number of nitrogens with zero attached hydrogens (tertiary/aromatic N) is 3. The molecule has 2 aromatic heterocycles. The second-order valence-electron chi connectivity index (χ2n) is 5.98. The molecule has 0 aliphatic heterocycles. The lowest BCUT2D eigenvalue weighted by Crippen LogP contribution is -2.15. The van der Waals surface area contributed by atoms with Gasteiger partial charge < -0.3 is 10.2 Å². The highest BCUT2D eigenvalue weighted by Crippen LogP contribution is 2.16. The normalized spacial score (nSPS) is 10.3. The van der Waals surface area contributed by atoms with Gasteiger partial charge in [-0.1, -0.05) is 12.1 Å². The summed E-state index contributed by atoms with van der Waals surface area (Å²) in [6.45, 7) is 0. The van der Waals surface area contributed by atoms with Crippen LogP contribution in [0.4, 0.5) is 11.4 Å². The van der Waals surface area contributed by atoms with E-state index in [1.54, 1.807) is 24.7 Å². The fraction of sp³-hybridized carbons (Fsp3) is 0.150. The predicted octanol–water partition coefficient (Wildman–Crippen LogP) is 3.39. The molecule has 126 valence electrons. The van der Waals surface area contributed by atoms with E-state index in [4.69, 9.17) is 0 Å². The van der Waals surface area contributed by atoms with Crippen molar-refractivity contribution in [2.24, 2.45) is 0 Å². The van der Waals surface area contributed by atoms with Gasteiger partial charge in [-0.3, -0.25) is 14.8 Å². The van der Waals surface area contributed by atoms with E-state index >= 15 is 0 Å². The van der Waals surface area contributed by atoms with Crippen molar-refractivity contribution >= 4 is 17.3 Å². The number of carbonyl (C=O) groups excluding carboxylic acids is 1. The summed E-state index contributed by atoms with van der Waals surface area (Å²) in [6, 6.07) is 15.5. The molecule has 0 saturated heterocycles. The zero-order chi connectivity index (χ0) is 17.6. The van der Waals surface area contributed by atoms with E-state index in [1.807, 2.05) is 61.5 Å². The SMILES string of the molecule is CN(C)c1ccnc(C(=O)Nc2ccc(Cc3ccncc3)cc2)c1. The van der Waals surface area contributed by atoms with Crippen molar-refractivity contribution in [1.82, 2.24) is 9.97 Å². The van der Waals surface area contributed by atoms with Gasteiger partial charge in [0.05, 0.1) is 0 Å². The van der Waals surface area contributed by atoms with Gasteiger partial charge >= 0.3 is 0 Å². The van der Waals surface area contributed by atoms with E-state index in [1.165, 1.54) is 11.1 Å². The van der Waals surface area contributed by atoms with Gasteiger partial charge in [0.1, 0.15) is 5.69 Å². The van der Waals surface area contributed by atoms with Crippen molar-refractivity contribution in [3.8, 4) is 0 Å². The minimum atomic E-state index is -0.217. The Labute approximate surface area is 147 Å². The minimum Gasteiger partial charge on any atom is -0.378 e. The Kier molecular flexibility index (Phi) is 5.04. The third kappa shape index (κ3) is 4.41. The molecule has 0 spiro atoms. The number of pyridine rings is 2. The molecule has 2 heterocycles. The van der Waals surface area contributed by atoms with Crippen LogP contribution >= 0.6 is 0 Å². The Bertz CT molecular complexity index is 845. The summed E-state index contributed by atoms with van der Waals surface area (Å²) < 4.78 is 0. The Morgan fingerprint density at radius 3 is 2.32 bits per heavy atom. The first-order valence-corrected chi connectivity index (χ1v) is 8.04. The number of nitrogens with one attached hydrogen (secondary N) is 1. The van der Waals surface area contributed by atoms with E-state index in [9.17, 15) is 4.79 Å². The second kappa shape index (κ2) is 7.57. The summed E-state index contributed by atoms with van der Waals surface area (Å²) in [4.78, 5) is 22.5. The maximum absolute atomic E-state index is 12.4. The standard InChI is InChI=1S/C20H20N4O/c1-24(2)18-9-12-22-19(14-18)20(25)23-17-5-3-15(4-6-17)13-16-7-10-21-11-8-16/h3-12,14H,13H2,1-2H3,(H,23,25). The van der Waals surface area contributed by atoms with Gasteiger partial charge in [0.15, 0.2) is 0 Å². The van der Waals surface area contributed by atoms with Crippen LogP contribution in [0, 0.1) is 0 Å². The smallest absolute Gasteiger partial charge is 0.274 e. The first kappa shape index (κ1) is 16.6. The summed E-state index contributed by atoms with van der Waals surface area (Å²) >= 11 is 0. The van der Waals surface area contributed by atoms with Gasteiger partial charge in [-0.25, -0.2) is 0 Å². The molecule has 1 amide bonds. The summed E-state index contributed by atoms with van der Waals surface area (Å²) in [5, 5.41) is 2.89. The van der Waals surface area contributed by atoms with Gasteiger partial charge in [-0.15, -0.1) is 0 Å². The summed E-state index contributed by atoms with van der Waals surface area (Å²) in [5.41, 5.74) is 4.47. The molecule has 0 aliphatic rings. The van der Waals surface area contributed by atoms with Crippen LogP contribution in [0.15, 0.2) is 67.1 Å². The molecule has 25 heavy (non-hydrogen) atoms. The molecular formula is C20H20N4O. The van der Waals surface area contributed by atoms with Crippen molar-refractivity contribution in [1.29, 1.82) is 0 Å². The largest absolute Gasteiger partial charge is 0.378 e. The Morgan fingerprint density at radius 1 is 0.960 bits per heavy atom. The van der Waals surface area contributed by atoms with Crippen LogP contribution in [-0.2, 0) is 6.42 Å². The number of benzene rings is 1. The minimum absolute atomic E-state index is 0.217. The van der Waals surface area contributed by atoms with Crippen molar-refractivity contribution in [3.63, 3.8) is 0 Å². The summed E-state index contributed by atoms with van der Waals surface area (Å²) in [6.07, 6.45) is 6.06. The maximum Gasteiger partial charge on any atom is 0.274 e. The zero-order valence-corrected chi connectivity index (χ0v) is 14.3. The monoisotopic (exact) mass is 332 g/mol. The van der Waals surface area contributed by atoms with Crippen LogP contribution in [0.2, 0.25) is 0 Å². The third-order valence-corrected chi connectivity index (χ3v) is 3.86. The van der Waals surface area contributed by atoms with Crippen molar-refractivity contribution in [2.45, 2.75) is 6.42 Å². The molecule has 0 aliphatic carbocycles. The van der Waals surface area contributed by atoms with Crippen molar-refractivity contribution < 1.29 is 4.79 Å². The molecule has 0 bridgehead atoms. The molecule has 0 saturated carbocycles. The lowest BCUT2D eigenvalue weighted by molar-refractivity contribution is 0.102. The number of amides is 1. The molecule has 3 rings (SSSR count). The van der Waals surface area contributed by atoms with E-state index in [0.29, 0.717) is 5.69 Å². The van der Waals surface area contributed by atoms with Crippen LogP contribution in [-0.4, -0.2) is 30.0 Å². The quantitative estimate of drug-likeness (QED) is 0.778. The lowest BCUT2D eigenvalue weighted by atomic mass is 10.1. The van der Waals surface area contributed by atoms with Crippen LogP contribution in [0.3, 0.4) is 0 Å². The molecule has 5 heteroatoms. The van der Waals surface area contributed by atoms with Crippen LogP contribution in [0.5, 0.6) is 0 Å². The van der Waals surface area contributed by atoms with E-state index < -0.39 is 0 Å². The molecular weight excluding hydrogens is 312 g/mol. The molecule has 3 aromatic rings. The average molecular weight is 332 g/mol.